The minimum Gasteiger partial charge on any atom is -0.324 e. The molecule has 0 saturated heterocycles. The molecular formula is C22H18ClN3O3S. The Kier molecular flexibility index (Phi) is 5.32. The number of hydrogen-bond acceptors (Lipinski definition) is 4. The number of carbonyl (C=O) groups excluding carboxylic acids is 1. The van der Waals surface area contributed by atoms with E-state index in [0.29, 0.717) is 22.0 Å². The lowest BCUT2D eigenvalue weighted by atomic mass is 10.0. The molecule has 30 heavy (non-hydrogen) atoms. The fourth-order valence-electron chi connectivity index (χ4n) is 3.22. The van der Waals surface area contributed by atoms with Crippen LogP contribution in [0.4, 0.5) is 5.69 Å². The summed E-state index contributed by atoms with van der Waals surface area (Å²) in [4.78, 5) is 12.6. The van der Waals surface area contributed by atoms with Crippen LogP contribution >= 0.6 is 11.6 Å². The van der Waals surface area contributed by atoms with E-state index in [2.05, 4.69) is 10.4 Å². The van der Waals surface area contributed by atoms with Crippen molar-refractivity contribution in [3.8, 4) is 0 Å². The van der Waals surface area contributed by atoms with Crippen molar-refractivity contribution in [2.45, 2.75) is 11.8 Å². The number of benzene rings is 3. The molecule has 0 aromatic heterocycles. The lowest BCUT2D eigenvalue weighted by molar-refractivity contribution is -0.116. The molecule has 0 atom stereocenters. The molecule has 0 radical (unpaired) electrons. The Balaban J connectivity index is 1.72. The summed E-state index contributed by atoms with van der Waals surface area (Å²) in [7, 11) is -4.01. The van der Waals surface area contributed by atoms with Crippen LogP contribution in [0.15, 0.2) is 82.8 Å². The topological polar surface area (TPSA) is 78.8 Å². The molecule has 6 nitrogen and oxygen atoms in total. The molecule has 0 fully saturated rings. The van der Waals surface area contributed by atoms with Gasteiger partial charge >= 0.3 is 0 Å². The van der Waals surface area contributed by atoms with Gasteiger partial charge < -0.3 is 5.32 Å². The van der Waals surface area contributed by atoms with E-state index >= 15 is 0 Å². The van der Waals surface area contributed by atoms with Gasteiger partial charge in [0.05, 0.1) is 4.90 Å². The highest BCUT2D eigenvalue weighted by Gasteiger charge is 2.34. The third-order valence-corrected chi connectivity index (χ3v) is 6.50. The van der Waals surface area contributed by atoms with Gasteiger partial charge in [-0.15, -0.1) is 0 Å². The average Bonchev–Trinajstić information content (AvgIpc) is 2.70. The highest BCUT2D eigenvalue weighted by molar-refractivity contribution is 7.89. The highest BCUT2D eigenvalue weighted by Crippen LogP contribution is 2.31. The lowest BCUT2D eigenvalue weighted by Gasteiger charge is -2.27. The van der Waals surface area contributed by atoms with Crippen LogP contribution in [0.3, 0.4) is 0 Å². The normalized spacial score (nSPS) is 14.6. The number of halogens is 1. The minimum atomic E-state index is -4.01. The van der Waals surface area contributed by atoms with Crippen molar-refractivity contribution in [2.24, 2.45) is 5.10 Å². The smallest absolute Gasteiger partial charge is 0.280 e. The molecule has 0 saturated carbocycles. The van der Waals surface area contributed by atoms with E-state index < -0.39 is 22.5 Å². The second kappa shape index (κ2) is 7.93. The fourth-order valence-corrected chi connectivity index (χ4v) is 4.77. The summed E-state index contributed by atoms with van der Waals surface area (Å²) in [5, 5.41) is 7.45. The molecule has 0 unspecified atom stereocenters. The van der Waals surface area contributed by atoms with Crippen LogP contribution in [0.25, 0.3) is 0 Å². The number of anilines is 1. The summed E-state index contributed by atoms with van der Waals surface area (Å²) in [6.07, 6.45) is 0. The van der Waals surface area contributed by atoms with Crippen LogP contribution < -0.4 is 5.32 Å². The number of rotatable bonds is 4. The predicted octanol–water partition coefficient (Wildman–Crippen LogP) is 4.04. The van der Waals surface area contributed by atoms with Crippen molar-refractivity contribution in [2.75, 3.05) is 11.9 Å². The maximum atomic E-state index is 13.1. The number of hydrogen-bond donors (Lipinski definition) is 1. The van der Waals surface area contributed by atoms with Crippen LogP contribution in [-0.4, -0.2) is 31.0 Å². The summed E-state index contributed by atoms with van der Waals surface area (Å²) in [6, 6.07) is 21.0. The maximum Gasteiger partial charge on any atom is 0.280 e. The summed E-state index contributed by atoms with van der Waals surface area (Å²) >= 11 is 6.12. The third-order valence-electron chi connectivity index (χ3n) is 4.59. The van der Waals surface area contributed by atoms with Crippen LogP contribution in [0, 0.1) is 6.92 Å². The van der Waals surface area contributed by atoms with Gasteiger partial charge in [-0.05, 0) is 42.8 Å². The highest BCUT2D eigenvalue weighted by atomic mass is 35.5. The molecular weight excluding hydrogens is 422 g/mol. The van der Waals surface area contributed by atoms with Crippen LogP contribution in [0.1, 0.15) is 16.7 Å². The molecule has 1 amide bonds. The Morgan fingerprint density at radius 3 is 2.53 bits per heavy atom. The van der Waals surface area contributed by atoms with Gasteiger partial charge in [0.25, 0.3) is 10.0 Å². The minimum absolute atomic E-state index is 0.0594. The first-order valence-corrected chi connectivity index (χ1v) is 11.0. The van der Waals surface area contributed by atoms with Crippen molar-refractivity contribution in [1.29, 1.82) is 0 Å². The Morgan fingerprint density at radius 1 is 1.03 bits per heavy atom. The molecule has 0 aliphatic carbocycles. The lowest BCUT2D eigenvalue weighted by Crippen LogP contribution is -2.38. The zero-order valence-electron chi connectivity index (χ0n) is 16.0. The quantitative estimate of drug-likeness (QED) is 0.666. The summed E-state index contributed by atoms with van der Waals surface area (Å²) in [5.41, 5.74) is 3.14. The number of aryl methyl sites for hydroxylation is 1. The molecule has 1 N–H and O–H groups in total. The Hall–Kier alpha value is -3.16. The SMILES string of the molecule is Cc1cccc(NC(=O)CN2N=C(c3ccccc3)c3cc(Cl)ccc3S2(=O)=O)c1. The number of carbonyl (C=O) groups is 1. The van der Waals surface area contributed by atoms with E-state index in [1.54, 1.807) is 18.2 Å². The summed E-state index contributed by atoms with van der Waals surface area (Å²) in [6.45, 7) is 1.46. The van der Waals surface area contributed by atoms with Crippen molar-refractivity contribution in [1.82, 2.24) is 4.41 Å². The van der Waals surface area contributed by atoms with Gasteiger partial charge in [0.15, 0.2) is 0 Å². The predicted molar refractivity (Wildman–Crippen MR) is 117 cm³/mol. The first-order valence-electron chi connectivity index (χ1n) is 9.18. The van der Waals surface area contributed by atoms with Gasteiger partial charge in [0, 0.05) is 21.8 Å². The molecule has 4 rings (SSSR count). The number of nitrogens with one attached hydrogen (secondary N) is 1. The van der Waals surface area contributed by atoms with Crippen molar-refractivity contribution in [3.05, 3.63) is 94.5 Å². The van der Waals surface area contributed by atoms with Crippen LogP contribution in [-0.2, 0) is 14.8 Å². The Morgan fingerprint density at radius 2 is 1.80 bits per heavy atom. The number of amides is 1. The molecule has 8 heteroatoms. The zero-order chi connectivity index (χ0) is 21.3. The van der Waals surface area contributed by atoms with Crippen molar-refractivity contribution in [3.63, 3.8) is 0 Å². The third kappa shape index (κ3) is 3.94. The van der Waals surface area contributed by atoms with E-state index in [1.807, 2.05) is 49.4 Å². The summed E-state index contributed by atoms with van der Waals surface area (Å²) in [5.74, 6) is -0.488. The maximum absolute atomic E-state index is 13.1. The molecule has 0 spiro atoms. The molecule has 1 heterocycles. The van der Waals surface area contributed by atoms with E-state index in [9.17, 15) is 13.2 Å². The fraction of sp³-hybridized carbons (Fsp3) is 0.0909. The van der Waals surface area contributed by atoms with Gasteiger partial charge in [0.1, 0.15) is 12.3 Å². The second-order valence-corrected chi connectivity index (χ2v) is 9.11. The molecule has 1 aliphatic rings. The molecule has 1 aliphatic heterocycles. The van der Waals surface area contributed by atoms with Gasteiger partial charge in [-0.2, -0.15) is 17.9 Å². The van der Waals surface area contributed by atoms with Crippen LogP contribution in [0.2, 0.25) is 5.02 Å². The number of hydrazone groups is 1. The monoisotopic (exact) mass is 439 g/mol. The number of sulfonamides is 1. The number of nitrogens with zero attached hydrogens (tertiary/aromatic N) is 2. The molecule has 0 bridgehead atoms. The van der Waals surface area contributed by atoms with Gasteiger partial charge in [-0.25, -0.2) is 0 Å². The second-order valence-electron chi connectivity index (χ2n) is 6.86. The van der Waals surface area contributed by atoms with E-state index in [-0.39, 0.29) is 4.90 Å². The van der Waals surface area contributed by atoms with Crippen molar-refractivity contribution < 1.29 is 13.2 Å². The largest absolute Gasteiger partial charge is 0.324 e. The van der Waals surface area contributed by atoms with E-state index in [4.69, 9.17) is 11.6 Å². The molecule has 152 valence electrons. The Bertz CT molecular complexity index is 1260. The van der Waals surface area contributed by atoms with Gasteiger partial charge in [-0.1, -0.05) is 54.1 Å². The van der Waals surface area contributed by atoms with Gasteiger partial charge in [-0.3, -0.25) is 4.79 Å². The first kappa shape index (κ1) is 20.1. The van der Waals surface area contributed by atoms with Crippen molar-refractivity contribution >= 4 is 38.9 Å². The molecule has 3 aromatic carbocycles. The zero-order valence-corrected chi connectivity index (χ0v) is 17.6. The summed E-state index contributed by atoms with van der Waals surface area (Å²) < 4.78 is 27.1. The standard InChI is InChI=1S/C22H18ClN3O3S/c1-15-6-5-9-18(12-15)24-21(27)14-26-25-22(16-7-3-2-4-8-16)19-13-17(23)10-11-20(19)30(26,28)29/h2-13H,14H2,1H3,(H,24,27). The first-order chi connectivity index (χ1) is 14.3. The molecule has 3 aromatic rings. The van der Waals surface area contributed by atoms with E-state index in [1.165, 1.54) is 12.1 Å². The number of fused-ring (bicyclic) bond motifs is 1. The van der Waals surface area contributed by atoms with Gasteiger partial charge in [0.2, 0.25) is 5.91 Å². The van der Waals surface area contributed by atoms with E-state index in [0.717, 1.165) is 15.5 Å². The Labute approximate surface area is 179 Å². The van der Waals surface area contributed by atoms with Crippen LogP contribution in [0.5, 0.6) is 0 Å². The average molecular weight is 440 g/mol.